The van der Waals surface area contributed by atoms with E-state index in [-0.39, 0.29) is 17.9 Å². The van der Waals surface area contributed by atoms with Crippen molar-refractivity contribution >= 4 is 5.91 Å². The number of hydrogen-bond acceptors (Lipinski definition) is 3. The molecule has 17 heavy (non-hydrogen) atoms. The van der Waals surface area contributed by atoms with Crippen molar-refractivity contribution in [3.05, 3.63) is 0 Å². The average Bonchev–Trinajstić information content (AvgIpc) is 2.42. The number of rotatable bonds is 5. The summed E-state index contributed by atoms with van der Waals surface area (Å²) in [6.07, 6.45) is 6.19. The molecule has 0 aliphatic heterocycles. The van der Waals surface area contributed by atoms with Gasteiger partial charge in [-0.2, -0.15) is 0 Å². The highest BCUT2D eigenvalue weighted by molar-refractivity contribution is 5.80. The van der Waals surface area contributed by atoms with E-state index in [0.29, 0.717) is 6.54 Å². The zero-order valence-electron chi connectivity index (χ0n) is 11.0. The van der Waals surface area contributed by atoms with Gasteiger partial charge in [0, 0.05) is 6.54 Å². The molecular weight excluding hydrogens is 216 g/mol. The molecule has 100 valence electrons. The van der Waals surface area contributed by atoms with Gasteiger partial charge in [-0.05, 0) is 18.8 Å². The Hall–Kier alpha value is -0.610. The zero-order chi connectivity index (χ0) is 12.9. The highest BCUT2D eigenvalue weighted by atomic mass is 16.3. The van der Waals surface area contributed by atoms with Gasteiger partial charge in [-0.3, -0.25) is 4.79 Å². The molecule has 4 nitrogen and oxygen atoms in total. The van der Waals surface area contributed by atoms with Crippen molar-refractivity contribution in [1.82, 2.24) is 5.32 Å². The van der Waals surface area contributed by atoms with Gasteiger partial charge < -0.3 is 16.2 Å². The van der Waals surface area contributed by atoms with Crippen molar-refractivity contribution in [3.63, 3.8) is 0 Å². The Morgan fingerprint density at radius 2 is 1.82 bits per heavy atom. The number of aliphatic hydroxyl groups is 1. The molecule has 0 aromatic carbocycles. The summed E-state index contributed by atoms with van der Waals surface area (Å²) in [4.78, 5) is 11.3. The highest BCUT2D eigenvalue weighted by Crippen LogP contribution is 2.26. The fourth-order valence-electron chi connectivity index (χ4n) is 2.53. The van der Waals surface area contributed by atoms with Gasteiger partial charge in [0.2, 0.25) is 5.91 Å². The van der Waals surface area contributed by atoms with Gasteiger partial charge in [-0.15, -0.1) is 0 Å². The molecule has 4 heteroatoms. The Morgan fingerprint density at radius 1 is 1.29 bits per heavy atom. The van der Waals surface area contributed by atoms with E-state index in [1.54, 1.807) is 0 Å². The molecule has 4 N–H and O–H groups in total. The Morgan fingerprint density at radius 3 is 2.24 bits per heavy atom. The molecule has 1 atom stereocenters. The van der Waals surface area contributed by atoms with Crippen LogP contribution in [-0.4, -0.2) is 29.2 Å². The van der Waals surface area contributed by atoms with Crippen LogP contribution < -0.4 is 11.1 Å². The predicted molar refractivity (Wildman–Crippen MR) is 68.5 cm³/mol. The van der Waals surface area contributed by atoms with Crippen molar-refractivity contribution in [1.29, 1.82) is 0 Å². The zero-order valence-corrected chi connectivity index (χ0v) is 11.0. The van der Waals surface area contributed by atoms with Crippen LogP contribution in [0.4, 0.5) is 0 Å². The number of carbonyl (C=O) groups excluding carboxylic acids is 1. The third-order valence-corrected chi connectivity index (χ3v) is 3.66. The molecule has 1 unspecified atom stereocenters. The lowest BCUT2D eigenvalue weighted by Crippen LogP contribution is -2.51. The Labute approximate surface area is 104 Å². The fraction of sp³-hybridized carbons (Fsp3) is 0.923. The van der Waals surface area contributed by atoms with E-state index in [9.17, 15) is 9.90 Å². The van der Waals surface area contributed by atoms with Crippen LogP contribution >= 0.6 is 0 Å². The first-order valence-electron chi connectivity index (χ1n) is 6.70. The summed E-state index contributed by atoms with van der Waals surface area (Å²) in [5, 5.41) is 13.6. The van der Waals surface area contributed by atoms with Crippen LogP contribution in [0.3, 0.4) is 0 Å². The van der Waals surface area contributed by atoms with Crippen molar-refractivity contribution in [3.8, 4) is 0 Å². The molecule has 1 rings (SSSR count). The van der Waals surface area contributed by atoms with Crippen molar-refractivity contribution in [2.75, 3.05) is 6.54 Å². The molecule has 0 aromatic heterocycles. The van der Waals surface area contributed by atoms with Crippen LogP contribution in [0.25, 0.3) is 0 Å². The van der Waals surface area contributed by atoms with E-state index in [1.165, 1.54) is 12.8 Å². The summed E-state index contributed by atoms with van der Waals surface area (Å²) in [7, 11) is 0. The maximum atomic E-state index is 11.3. The standard InChI is InChI=1S/C13H26N2O2/c1-10(2)11(12(14)16)15-9-13(17)7-5-3-4-6-8-13/h10-11,15,17H,3-9H2,1-2H3,(H2,14,16). The quantitative estimate of drug-likeness (QED) is 0.633. The van der Waals surface area contributed by atoms with Gasteiger partial charge in [0.15, 0.2) is 0 Å². The van der Waals surface area contributed by atoms with E-state index in [2.05, 4.69) is 5.32 Å². The van der Waals surface area contributed by atoms with Crippen LogP contribution in [0.5, 0.6) is 0 Å². The van der Waals surface area contributed by atoms with Gasteiger partial charge in [-0.1, -0.05) is 39.5 Å². The van der Waals surface area contributed by atoms with Crippen LogP contribution in [0, 0.1) is 5.92 Å². The number of primary amides is 1. The first kappa shape index (κ1) is 14.5. The van der Waals surface area contributed by atoms with Gasteiger partial charge in [-0.25, -0.2) is 0 Å². The average molecular weight is 242 g/mol. The van der Waals surface area contributed by atoms with Crippen LogP contribution in [0.15, 0.2) is 0 Å². The number of carbonyl (C=O) groups is 1. The smallest absolute Gasteiger partial charge is 0.234 e. The lowest BCUT2D eigenvalue weighted by Gasteiger charge is -2.30. The summed E-state index contributed by atoms with van der Waals surface area (Å²) < 4.78 is 0. The lowest BCUT2D eigenvalue weighted by atomic mass is 9.93. The molecule has 0 saturated heterocycles. The number of amides is 1. The third-order valence-electron chi connectivity index (χ3n) is 3.66. The summed E-state index contributed by atoms with van der Waals surface area (Å²) in [5.74, 6) is -0.181. The van der Waals surface area contributed by atoms with E-state index in [1.807, 2.05) is 13.8 Å². The molecule has 1 saturated carbocycles. The van der Waals surface area contributed by atoms with Gasteiger partial charge in [0.1, 0.15) is 0 Å². The van der Waals surface area contributed by atoms with E-state index >= 15 is 0 Å². The SMILES string of the molecule is CC(C)C(NCC1(O)CCCCCC1)C(N)=O. The molecule has 0 bridgehead atoms. The Balaban J connectivity index is 2.48. The molecule has 0 aromatic rings. The highest BCUT2D eigenvalue weighted by Gasteiger charge is 2.30. The lowest BCUT2D eigenvalue weighted by molar-refractivity contribution is -0.121. The molecule has 1 fully saturated rings. The van der Waals surface area contributed by atoms with Crippen molar-refractivity contribution < 1.29 is 9.90 Å². The topological polar surface area (TPSA) is 75.3 Å². The third kappa shape index (κ3) is 4.64. The minimum atomic E-state index is -0.654. The van der Waals surface area contributed by atoms with E-state index in [0.717, 1.165) is 25.7 Å². The van der Waals surface area contributed by atoms with Gasteiger partial charge >= 0.3 is 0 Å². The van der Waals surface area contributed by atoms with Crippen LogP contribution in [0.2, 0.25) is 0 Å². The molecule has 1 aliphatic rings. The van der Waals surface area contributed by atoms with E-state index in [4.69, 9.17) is 5.73 Å². The number of hydrogen-bond donors (Lipinski definition) is 3. The Bertz CT molecular complexity index is 246. The number of nitrogens with two attached hydrogens (primary N) is 1. The largest absolute Gasteiger partial charge is 0.389 e. The van der Waals surface area contributed by atoms with Crippen LogP contribution in [0.1, 0.15) is 52.4 Å². The second-order valence-electron chi connectivity index (χ2n) is 5.64. The molecule has 0 spiro atoms. The first-order valence-corrected chi connectivity index (χ1v) is 6.70. The Kier molecular flexibility index (Phi) is 5.40. The van der Waals surface area contributed by atoms with Gasteiger partial charge in [0.25, 0.3) is 0 Å². The fourth-order valence-corrected chi connectivity index (χ4v) is 2.53. The van der Waals surface area contributed by atoms with Crippen LogP contribution in [-0.2, 0) is 4.79 Å². The monoisotopic (exact) mass is 242 g/mol. The summed E-state index contributed by atoms with van der Waals surface area (Å²) >= 11 is 0. The van der Waals surface area contributed by atoms with Crippen molar-refractivity contribution in [2.24, 2.45) is 11.7 Å². The molecular formula is C13H26N2O2. The second kappa shape index (κ2) is 6.36. The second-order valence-corrected chi connectivity index (χ2v) is 5.64. The summed E-state index contributed by atoms with van der Waals surface area (Å²) in [5.41, 5.74) is 4.69. The van der Waals surface area contributed by atoms with Crippen molar-refractivity contribution in [2.45, 2.75) is 64.0 Å². The minimum absolute atomic E-state index is 0.155. The predicted octanol–water partition coefficient (Wildman–Crippen LogP) is 1.17. The minimum Gasteiger partial charge on any atom is -0.389 e. The van der Waals surface area contributed by atoms with E-state index < -0.39 is 5.60 Å². The molecule has 0 heterocycles. The number of nitrogens with one attached hydrogen (secondary N) is 1. The molecule has 1 amide bonds. The maximum Gasteiger partial charge on any atom is 0.234 e. The summed E-state index contributed by atoms with van der Waals surface area (Å²) in [6, 6.07) is -0.345. The molecule has 0 radical (unpaired) electrons. The van der Waals surface area contributed by atoms with Gasteiger partial charge in [0.05, 0.1) is 11.6 Å². The maximum absolute atomic E-state index is 11.3. The first-order chi connectivity index (χ1) is 7.94. The summed E-state index contributed by atoms with van der Waals surface area (Å²) in [6.45, 7) is 4.39. The molecule has 1 aliphatic carbocycles. The normalized spacial score (nSPS) is 22.1.